The second kappa shape index (κ2) is 10.3. The van der Waals surface area contributed by atoms with Crippen LogP contribution in [0.1, 0.15) is 31.2 Å². The fourth-order valence-electron chi connectivity index (χ4n) is 3.53. The van der Waals surface area contributed by atoms with Crippen molar-refractivity contribution in [1.29, 1.82) is 0 Å². The van der Waals surface area contributed by atoms with E-state index in [1.807, 2.05) is 19.1 Å². The van der Waals surface area contributed by atoms with Gasteiger partial charge in [0.1, 0.15) is 5.75 Å². The summed E-state index contributed by atoms with van der Waals surface area (Å²) in [5.41, 5.74) is 1.02. The van der Waals surface area contributed by atoms with Crippen LogP contribution in [-0.4, -0.2) is 44.4 Å². The number of benzene rings is 2. The highest BCUT2D eigenvalue weighted by Crippen LogP contribution is 2.27. The van der Waals surface area contributed by atoms with Crippen LogP contribution in [0.5, 0.6) is 5.75 Å². The summed E-state index contributed by atoms with van der Waals surface area (Å²) in [6, 6.07) is 13.6. The number of amides is 1. The number of hydrogen-bond acceptors (Lipinski definition) is 4. The van der Waals surface area contributed by atoms with Crippen molar-refractivity contribution < 1.29 is 17.9 Å². The minimum Gasteiger partial charge on any atom is -0.484 e. The van der Waals surface area contributed by atoms with E-state index in [1.165, 1.54) is 0 Å². The molecule has 162 valence electrons. The lowest BCUT2D eigenvalue weighted by Gasteiger charge is -2.34. The quantitative estimate of drug-likeness (QED) is 0.664. The SMILES string of the molecule is Cc1ccc(S(=O)(=O)N2CCCCC2CCNC(=O)COc2ccc(Cl)cc2)cc1. The highest BCUT2D eigenvalue weighted by atomic mass is 35.5. The van der Waals surface area contributed by atoms with Gasteiger partial charge in [-0.2, -0.15) is 4.31 Å². The Morgan fingerprint density at radius 1 is 1.13 bits per heavy atom. The minimum atomic E-state index is -3.54. The molecule has 1 amide bonds. The summed E-state index contributed by atoms with van der Waals surface area (Å²) in [4.78, 5) is 12.4. The van der Waals surface area contributed by atoms with Crippen LogP contribution in [-0.2, 0) is 14.8 Å². The van der Waals surface area contributed by atoms with Gasteiger partial charge in [0.05, 0.1) is 4.90 Å². The maximum Gasteiger partial charge on any atom is 0.257 e. The largest absolute Gasteiger partial charge is 0.484 e. The Morgan fingerprint density at radius 3 is 2.53 bits per heavy atom. The monoisotopic (exact) mass is 450 g/mol. The standard InChI is InChI=1S/C22H27ClN2O4S/c1-17-5-11-21(12-6-17)30(27,28)25-15-3-2-4-19(25)13-14-24-22(26)16-29-20-9-7-18(23)8-10-20/h5-12,19H,2-4,13-16H2,1H3,(H,24,26). The van der Waals surface area contributed by atoms with E-state index in [-0.39, 0.29) is 18.6 Å². The van der Waals surface area contributed by atoms with Gasteiger partial charge in [-0.15, -0.1) is 0 Å². The number of hydrogen-bond donors (Lipinski definition) is 1. The van der Waals surface area contributed by atoms with Gasteiger partial charge < -0.3 is 10.1 Å². The van der Waals surface area contributed by atoms with Gasteiger partial charge in [-0.05, 0) is 62.6 Å². The molecule has 1 aliphatic rings. The number of ether oxygens (including phenoxy) is 1. The van der Waals surface area contributed by atoms with Crippen LogP contribution < -0.4 is 10.1 Å². The molecule has 0 saturated carbocycles. The van der Waals surface area contributed by atoms with Crippen molar-refractivity contribution in [3.8, 4) is 5.75 Å². The van der Waals surface area contributed by atoms with Crippen LogP contribution >= 0.6 is 11.6 Å². The Labute approximate surface area is 183 Å². The molecule has 1 heterocycles. The molecular weight excluding hydrogens is 424 g/mol. The third-order valence-corrected chi connectivity index (χ3v) is 7.40. The fraction of sp³-hybridized carbons (Fsp3) is 0.409. The molecule has 6 nitrogen and oxygen atoms in total. The Morgan fingerprint density at radius 2 is 1.83 bits per heavy atom. The number of halogens is 1. The molecule has 3 rings (SSSR count). The summed E-state index contributed by atoms with van der Waals surface area (Å²) in [6.07, 6.45) is 3.20. The number of rotatable bonds is 8. The lowest BCUT2D eigenvalue weighted by Crippen LogP contribution is -2.45. The van der Waals surface area contributed by atoms with Crippen molar-refractivity contribution in [2.75, 3.05) is 19.7 Å². The summed E-state index contributed by atoms with van der Waals surface area (Å²) in [5, 5.41) is 3.42. The topological polar surface area (TPSA) is 75.7 Å². The first-order valence-corrected chi connectivity index (χ1v) is 11.9. The van der Waals surface area contributed by atoms with Gasteiger partial charge >= 0.3 is 0 Å². The molecule has 2 aromatic rings. The van der Waals surface area contributed by atoms with Crippen molar-refractivity contribution in [3.05, 3.63) is 59.1 Å². The zero-order valence-electron chi connectivity index (χ0n) is 17.0. The van der Waals surface area contributed by atoms with E-state index < -0.39 is 10.0 Å². The minimum absolute atomic E-state index is 0.0995. The summed E-state index contributed by atoms with van der Waals surface area (Å²) < 4.78 is 33.2. The van der Waals surface area contributed by atoms with E-state index in [4.69, 9.17) is 16.3 Å². The summed E-state index contributed by atoms with van der Waals surface area (Å²) in [5.74, 6) is 0.325. The first-order chi connectivity index (χ1) is 14.4. The van der Waals surface area contributed by atoms with Crippen LogP contribution in [0.2, 0.25) is 5.02 Å². The summed E-state index contributed by atoms with van der Waals surface area (Å²) in [7, 11) is -3.54. The first kappa shape index (κ1) is 22.6. The van der Waals surface area contributed by atoms with Gasteiger partial charge in [0.2, 0.25) is 10.0 Å². The third-order valence-electron chi connectivity index (χ3n) is 5.18. The zero-order chi connectivity index (χ0) is 21.6. The van der Waals surface area contributed by atoms with Crippen molar-refractivity contribution in [2.45, 2.75) is 43.5 Å². The lowest BCUT2D eigenvalue weighted by atomic mass is 10.0. The normalized spacial score (nSPS) is 17.5. The lowest BCUT2D eigenvalue weighted by molar-refractivity contribution is -0.123. The Kier molecular flexibility index (Phi) is 7.75. The van der Waals surface area contributed by atoms with Crippen LogP contribution in [0.4, 0.5) is 0 Å². The molecule has 0 bridgehead atoms. The molecule has 8 heteroatoms. The number of carbonyl (C=O) groups excluding carboxylic acids is 1. The highest BCUT2D eigenvalue weighted by Gasteiger charge is 2.33. The van der Waals surface area contributed by atoms with E-state index in [2.05, 4.69) is 5.32 Å². The third kappa shape index (κ3) is 5.97. The Balaban J connectivity index is 1.52. The van der Waals surface area contributed by atoms with Crippen LogP contribution in [0.3, 0.4) is 0 Å². The maximum absolute atomic E-state index is 13.1. The van der Waals surface area contributed by atoms with Crippen LogP contribution in [0.15, 0.2) is 53.4 Å². The Hall–Kier alpha value is -2.09. The molecule has 0 radical (unpaired) electrons. The van der Waals surface area contributed by atoms with Gasteiger partial charge in [0.15, 0.2) is 6.61 Å². The van der Waals surface area contributed by atoms with Crippen LogP contribution in [0, 0.1) is 6.92 Å². The van der Waals surface area contributed by atoms with E-state index >= 15 is 0 Å². The summed E-state index contributed by atoms with van der Waals surface area (Å²) >= 11 is 5.82. The number of nitrogens with zero attached hydrogens (tertiary/aromatic N) is 1. The van der Waals surface area contributed by atoms with Gasteiger partial charge in [-0.3, -0.25) is 4.79 Å². The number of nitrogens with one attached hydrogen (secondary N) is 1. The van der Waals surface area contributed by atoms with Gasteiger partial charge in [0, 0.05) is 24.2 Å². The van der Waals surface area contributed by atoms with Crippen LogP contribution in [0.25, 0.3) is 0 Å². The summed E-state index contributed by atoms with van der Waals surface area (Å²) in [6.45, 7) is 2.74. The molecule has 1 atom stereocenters. The van der Waals surface area contributed by atoms with Gasteiger partial charge in [0.25, 0.3) is 5.91 Å². The van der Waals surface area contributed by atoms with E-state index in [0.29, 0.717) is 35.2 Å². The molecule has 0 aliphatic carbocycles. The van der Waals surface area contributed by atoms with E-state index in [9.17, 15) is 13.2 Å². The number of carbonyl (C=O) groups is 1. The molecule has 2 aromatic carbocycles. The number of piperidine rings is 1. The highest BCUT2D eigenvalue weighted by molar-refractivity contribution is 7.89. The molecule has 0 spiro atoms. The van der Waals surface area contributed by atoms with E-state index in [1.54, 1.807) is 40.7 Å². The molecule has 1 N–H and O–H groups in total. The van der Waals surface area contributed by atoms with Gasteiger partial charge in [-0.25, -0.2) is 8.42 Å². The average Bonchev–Trinajstić information content (AvgIpc) is 2.74. The van der Waals surface area contributed by atoms with Crippen molar-refractivity contribution in [3.63, 3.8) is 0 Å². The second-order valence-electron chi connectivity index (χ2n) is 7.46. The van der Waals surface area contributed by atoms with E-state index in [0.717, 1.165) is 24.8 Å². The molecule has 30 heavy (non-hydrogen) atoms. The molecule has 1 fully saturated rings. The smallest absolute Gasteiger partial charge is 0.257 e. The fourth-order valence-corrected chi connectivity index (χ4v) is 5.38. The Bertz CT molecular complexity index is 946. The molecule has 0 aromatic heterocycles. The predicted molar refractivity (Wildman–Crippen MR) is 117 cm³/mol. The molecular formula is C22H27ClN2O4S. The number of aryl methyl sites for hydroxylation is 1. The first-order valence-electron chi connectivity index (χ1n) is 10.1. The number of sulfonamides is 1. The van der Waals surface area contributed by atoms with Crippen molar-refractivity contribution in [2.24, 2.45) is 0 Å². The molecule has 1 unspecified atom stereocenters. The van der Waals surface area contributed by atoms with Crippen molar-refractivity contribution in [1.82, 2.24) is 9.62 Å². The molecule has 1 aliphatic heterocycles. The predicted octanol–water partition coefficient (Wildman–Crippen LogP) is 3.78. The molecule has 1 saturated heterocycles. The second-order valence-corrected chi connectivity index (χ2v) is 9.79. The average molecular weight is 451 g/mol. The van der Waals surface area contributed by atoms with Crippen molar-refractivity contribution >= 4 is 27.5 Å². The van der Waals surface area contributed by atoms with Gasteiger partial charge in [-0.1, -0.05) is 35.7 Å². The zero-order valence-corrected chi connectivity index (χ0v) is 18.6. The maximum atomic E-state index is 13.1.